The van der Waals surface area contributed by atoms with Gasteiger partial charge in [0.25, 0.3) is 5.56 Å². The molecule has 5 rings (SSSR count). The van der Waals surface area contributed by atoms with E-state index >= 15 is 0 Å². The molecule has 29 heavy (non-hydrogen) atoms. The Kier molecular flexibility index (Phi) is 4.42. The Balaban J connectivity index is 1.36. The second-order valence-corrected chi connectivity index (χ2v) is 8.23. The predicted octanol–water partition coefficient (Wildman–Crippen LogP) is 1.62. The van der Waals surface area contributed by atoms with Crippen LogP contribution < -0.4 is 15.4 Å². The molecule has 2 aliphatic rings. The second kappa shape index (κ2) is 6.98. The number of nitrogens with zero attached hydrogens (tertiary/aromatic N) is 8. The van der Waals surface area contributed by atoms with Gasteiger partial charge in [-0.15, -0.1) is 0 Å². The molecule has 0 spiro atoms. The molecule has 4 heterocycles. The van der Waals surface area contributed by atoms with Gasteiger partial charge in [0.2, 0.25) is 0 Å². The van der Waals surface area contributed by atoms with Crippen molar-refractivity contribution in [1.29, 1.82) is 0 Å². The summed E-state index contributed by atoms with van der Waals surface area (Å²) in [6, 6.07) is 0. The van der Waals surface area contributed by atoms with Crippen molar-refractivity contribution in [2.75, 3.05) is 36.0 Å². The van der Waals surface area contributed by atoms with Crippen LogP contribution in [-0.2, 0) is 13.6 Å². The number of aromatic nitrogens is 6. The molecule has 152 valence electrons. The summed E-state index contributed by atoms with van der Waals surface area (Å²) < 4.78 is 3.27. The Labute approximate surface area is 172 Å². The normalized spacial score (nSPS) is 17.3. The highest BCUT2D eigenvalue weighted by Gasteiger charge is 2.26. The number of piperazine rings is 1. The van der Waals surface area contributed by atoms with Gasteiger partial charge in [-0.1, -0.05) is 11.6 Å². The maximum atomic E-state index is 12.6. The monoisotopic (exact) mass is 414 g/mol. The third-order valence-electron chi connectivity index (χ3n) is 5.70. The average molecular weight is 415 g/mol. The van der Waals surface area contributed by atoms with Gasteiger partial charge in [0.05, 0.1) is 23.5 Å². The minimum absolute atomic E-state index is 0.193. The van der Waals surface area contributed by atoms with Crippen LogP contribution in [0.3, 0.4) is 0 Å². The molecule has 0 amide bonds. The van der Waals surface area contributed by atoms with Gasteiger partial charge < -0.3 is 9.80 Å². The summed E-state index contributed by atoms with van der Waals surface area (Å²) in [6.07, 6.45) is 5.89. The molecule has 0 unspecified atom stereocenters. The molecule has 9 nitrogen and oxygen atoms in total. The number of fused-ring (bicyclic) bond motifs is 1. The van der Waals surface area contributed by atoms with Crippen molar-refractivity contribution in [2.45, 2.75) is 26.3 Å². The van der Waals surface area contributed by atoms with Gasteiger partial charge in [-0.25, -0.2) is 14.6 Å². The lowest BCUT2D eigenvalue weighted by Crippen LogP contribution is -2.47. The Bertz CT molecular complexity index is 1130. The van der Waals surface area contributed by atoms with E-state index in [0.29, 0.717) is 18.2 Å². The highest BCUT2D eigenvalue weighted by Crippen LogP contribution is 2.31. The maximum Gasteiger partial charge on any atom is 0.287 e. The van der Waals surface area contributed by atoms with Crippen molar-refractivity contribution in [3.8, 4) is 0 Å². The van der Waals surface area contributed by atoms with Crippen LogP contribution in [0.5, 0.6) is 0 Å². The van der Waals surface area contributed by atoms with Crippen molar-refractivity contribution in [1.82, 2.24) is 29.5 Å². The first kappa shape index (κ1) is 18.4. The maximum absolute atomic E-state index is 12.6. The summed E-state index contributed by atoms with van der Waals surface area (Å²) in [6.45, 7) is 5.56. The summed E-state index contributed by atoms with van der Waals surface area (Å²) in [5, 5.41) is 9.90. The zero-order valence-electron chi connectivity index (χ0n) is 16.5. The fraction of sp³-hybridized carbons (Fsp3) is 0.526. The van der Waals surface area contributed by atoms with Gasteiger partial charge in [-0.2, -0.15) is 10.2 Å². The van der Waals surface area contributed by atoms with Crippen molar-refractivity contribution in [2.24, 2.45) is 13.0 Å². The Morgan fingerprint density at radius 3 is 2.52 bits per heavy atom. The first-order valence-electron chi connectivity index (χ1n) is 9.93. The number of anilines is 2. The molecule has 1 saturated carbocycles. The highest BCUT2D eigenvalue weighted by molar-refractivity contribution is 6.33. The first-order valence-corrected chi connectivity index (χ1v) is 10.3. The molecule has 10 heteroatoms. The van der Waals surface area contributed by atoms with Crippen LogP contribution >= 0.6 is 11.6 Å². The molecule has 1 aliphatic carbocycles. The molecule has 0 aromatic carbocycles. The van der Waals surface area contributed by atoms with Crippen LogP contribution in [0.4, 0.5) is 11.5 Å². The fourth-order valence-corrected chi connectivity index (χ4v) is 4.13. The number of hydrogen-bond acceptors (Lipinski definition) is 7. The number of rotatable bonds is 4. The highest BCUT2D eigenvalue weighted by atomic mass is 35.5. The molecule has 3 aromatic rings. The minimum atomic E-state index is -0.193. The molecular weight excluding hydrogens is 392 g/mol. The molecule has 0 bridgehead atoms. The molecule has 2 fully saturated rings. The van der Waals surface area contributed by atoms with E-state index < -0.39 is 0 Å². The zero-order chi connectivity index (χ0) is 20.1. The van der Waals surface area contributed by atoms with Crippen LogP contribution in [0.25, 0.3) is 11.0 Å². The molecule has 3 aromatic heterocycles. The quantitative estimate of drug-likeness (QED) is 0.641. The summed E-state index contributed by atoms with van der Waals surface area (Å²) in [5.74, 6) is 2.21. The molecule has 1 aliphatic heterocycles. The van der Waals surface area contributed by atoms with E-state index in [-0.39, 0.29) is 10.6 Å². The lowest BCUT2D eigenvalue weighted by atomic mass is 10.2. The van der Waals surface area contributed by atoms with Crippen LogP contribution in [-0.4, -0.2) is 55.7 Å². The van der Waals surface area contributed by atoms with Crippen LogP contribution in [0.15, 0.2) is 17.2 Å². The smallest absolute Gasteiger partial charge is 0.287 e. The Morgan fingerprint density at radius 1 is 1.07 bits per heavy atom. The predicted molar refractivity (Wildman–Crippen MR) is 112 cm³/mol. The van der Waals surface area contributed by atoms with E-state index in [4.69, 9.17) is 11.6 Å². The molecule has 0 N–H and O–H groups in total. The topological polar surface area (TPSA) is 85.0 Å². The van der Waals surface area contributed by atoms with E-state index in [1.807, 2.05) is 20.2 Å². The molecule has 1 saturated heterocycles. The lowest BCUT2D eigenvalue weighted by Gasteiger charge is -2.37. The number of hydrogen-bond donors (Lipinski definition) is 0. The Hall–Kier alpha value is -2.68. The van der Waals surface area contributed by atoms with Crippen molar-refractivity contribution < 1.29 is 0 Å². The van der Waals surface area contributed by atoms with Gasteiger partial charge >= 0.3 is 0 Å². The van der Waals surface area contributed by atoms with Gasteiger partial charge in [0, 0.05) is 39.8 Å². The van der Waals surface area contributed by atoms with Crippen LogP contribution in [0.1, 0.15) is 18.7 Å². The third kappa shape index (κ3) is 3.33. The van der Waals surface area contributed by atoms with E-state index in [1.165, 1.54) is 17.5 Å². The molecular formula is C19H23ClN8O. The van der Waals surface area contributed by atoms with E-state index in [0.717, 1.165) is 48.9 Å². The zero-order valence-corrected chi connectivity index (χ0v) is 17.3. The third-order valence-corrected chi connectivity index (χ3v) is 6.05. The summed E-state index contributed by atoms with van der Waals surface area (Å²) in [4.78, 5) is 26.1. The summed E-state index contributed by atoms with van der Waals surface area (Å²) in [7, 11) is 1.89. The van der Waals surface area contributed by atoms with Crippen LogP contribution in [0, 0.1) is 12.8 Å². The van der Waals surface area contributed by atoms with E-state index in [2.05, 4.69) is 30.0 Å². The standard InChI is InChI=1S/C19H23ClN8O/c1-12-23-17-14(9-21-25(17)2)18(24-12)27-7-5-26(6-8-27)15-10-22-28(11-13-3-4-13)19(29)16(15)20/h9-10,13H,3-8,11H2,1-2H3. The first-order chi connectivity index (χ1) is 14.0. The molecule has 0 radical (unpaired) electrons. The van der Waals surface area contributed by atoms with Crippen molar-refractivity contribution >= 4 is 34.1 Å². The van der Waals surface area contributed by atoms with Crippen LogP contribution in [0.2, 0.25) is 5.02 Å². The summed E-state index contributed by atoms with van der Waals surface area (Å²) in [5.41, 5.74) is 1.36. The van der Waals surface area contributed by atoms with E-state index in [9.17, 15) is 4.79 Å². The number of aryl methyl sites for hydroxylation is 2. The van der Waals surface area contributed by atoms with E-state index in [1.54, 1.807) is 10.9 Å². The lowest BCUT2D eigenvalue weighted by molar-refractivity contribution is 0.531. The van der Waals surface area contributed by atoms with Gasteiger partial charge in [0.15, 0.2) is 5.65 Å². The van der Waals surface area contributed by atoms with Gasteiger partial charge in [0.1, 0.15) is 16.7 Å². The van der Waals surface area contributed by atoms with Gasteiger partial charge in [-0.05, 0) is 25.7 Å². The minimum Gasteiger partial charge on any atom is -0.365 e. The van der Waals surface area contributed by atoms with Gasteiger partial charge in [-0.3, -0.25) is 9.48 Å². The summed E-state index contributed by atoms with van der Waals surface area (Å²) >= 11 is 6.43. The Morgan fingerprint density at radius 2 is 1.79 bits per heavy atom. The van der Waals surface area contributed by atoms with Crippen molar-refractivity contribution in [3.63, 3.8) is 0 Å². The fourth-order valence-electron chi connectivity index (χ4n) is 3.87. The SMILES string of the molecule is Cc1nc(N2CCN(c3cnn(CC4CC4)c(=O)c3Cl)CC2)c2cnn(C)c2n1. The molecule has 0 atom stereocenters. The van der Waals surface area contributed by atoms with Crippen molar-refractivity contribution in [3.05, 3.63) is 33.6 Å². The average Bonchev–Trinajstić information content (AvgIpc) is 3.47. The number of halogens is 1. The largest absolute Gasteiger partial charge is 0.365 e. The second-order valence-electron chi connectivity index (χ2n) is 7.85.